The Kier molecular flexibility index (Phi) is 5.02. The van der Waals surface area contributed by atoms with Crippen LogP contribution in [0.1, 0.15) is 27.2 Å². The maximum atomic E-state index is 6.07. The van der Waals surface area contributed by atoms with Gasteiger partial charge in [0.15, 0.2) is 0 Å². The van der Waals surface area contributed by atoms with Gasteiger partial charge in [-0.3, -0.25) is 0 Å². The van der Waals surface area contributed by atoms with Crippen molar-refractivity contribution in [3.63, 3.8) is 0 Å². The molecule has 0 aliphatic carbocycles. The minimum atomic E-state index is 0.131. The lowest BCUT2D eigenvalue weighted by Crippen LogP contribution is -2.34. The van der Waals surface area contributed by atoms with E-state index in [1.54, 1.807) is 0 Å². The van der Waals surface area contributed by atoms with Gasteiger partial charge in [-0.05, 0) is 24.4 Å². The fraction of sp³-hybridized carbons (Fsp3) is 0.444. The largest absolute Gasteiger partial charge is 0.492 e. The summed E-state index contributed by atoms with van der Waals surface area (Å²) in [6.45, 7) is 9.43. The van der Waals surface area contributed by atoms with Crippen LogP contribution in [0.4, 0.5) is 0 Å². The Morgan fingerprint density at radius 2 is 1.80 bits per heavy atom. The van der Waals surface area contributed by atoms with Gasteiger partial charge >= 0.3 is 0 Å². The van der Waals surface area contributed by atoms with E-state index in [-0.39, 0.29) is 5.41 Å². The number of hydrogen-bond donors (Lipinski definition) is 1. The van der Waals surface area contributed by atoms with Gasteiger partial charge in [-0.2, -0.15) is 0 Å². The van der Waals surface area contributed by atoms with Crippen molar-refractivity contribution in [3.8, 4) is 5.75 Å². The minimum Gasteiger partial charge on any atom is -0.492 e. The first-order chi connectivity index (χ1) is 9.62. The Hall–Kier alpha value is -1.54. The summed E-state index contributed by atoms with van der Waals surface area (Å²) < 4.78 is 6.07. The molecule has 0 bridgehead atoms. The molecule has 2 rings (SSSR count). The lowest BCUT2D eigenvalue weighted by Gasteiger charge is -2.25. The predicted octanol–water partition coefficient (Wildman–Crippen LogP) is 4.24. The monoisotopic (exact) mass is 271 g/mol. The van der Waals surface area contributed by atoms with E-state index in [0.717, 1.165) is 25.4 Å². The zero-order valence-corrected chi connectivity index (χ0v) is 12.8. The molecule has 0 saturated heterocycles. The zero-order valence-electron chi connectivity index (χ0n) is 12.8. The van der Waals surface area contributed by atoms with E-state index in [4.69, 9.17) is 4.74 Å². The highest BCUT2D eigenvalue weighted by Gasteiger charge is 2.18. The summed E-state index contributed by atoms with van der Waals surface area (Å²) in [5, 5.41) is 5.88. The molecule has 0 aliphatic heterocycles. The van der Waals surface area contributed by atoms with E-state index in [9.17, 15) is 0 Å². The van der Waals surface area contributed by atoms with Crippen LogP contribution < -0.4 is 10.1 Å². The second kappa shape index (κ2) is 6.76. The lowest BCUT2D eigenvalue weighted by molar-refractivity contribution is 0.178. The highest BCUT2D eigenvalue weighted by Crippen LogP contribution is 2.27. The van der Waals surface area contributed by atoms with E-state index >= 15 is 0 Å². The van der Waals surface area contributed by atoms with Gasteiger partial charge in [0.2, 0.25) is 0 Å². The van der Waals surface area contributed by atoms with Crippen LogP contribution in [0.5, 0.6) is 5.75 Å². The summed E-state index contributed by atoms with van der Waals surface area (Å²) in [4.78, 5) is 0. The summed E-state index contributed by atoms with van der Waals surface area (Å²) in [6, 6.07) is 14.6. The van der Waals surface area contributed by atoms with Crippen molar-refractivity contribution < 1.29 is 4.74 Å². The van der Waals surface area contributed by atoms with Crippen molar-refractivity contribution in [1.29, 1.82) is 0 Å². The van der Waals surface area contributed by atoms with Crippen molar-refractivity contribution in [3.05, 3.63) is 42.5 Å². The van der Waals surface area contributed by atoms with Crippen LogP contribution in [0.15, 0.2) is 42.5 Å². The van der Waals surface area contributed by atoms with Gasteiger partial charge in [-0.25, -0.2) is 0 Å². The summed E-state index contributed by atoms with van der Waals surface area (Å²) in [6.07, 6.45) is 1.17. The number of benzene rings is 2. The molecule has 0 aliphatic rings. The first-order valence-corrected chi connectivity index (χ1v) is 7.44. The second-order valence-corrected chi connectivity index (χ2v) is 6.11. The lowest BCUT2D eigenvalue weighted by atomic mass is 9.95. The molecule has 0 fully saturated rings. The molecule has 0 heterocycles. The minimum absolute atomic E-state index is 0.131. The maximum Gasteiger partial charge on any atom is 0.127 e. The SMILES string of the molecule is CCCNCC(C)(C)COc1cccc2ccccc12. The summed E-state index contributed by atoms with van der Waals surface area (Å²) >= 11 is 0. The van der Waals surface area contributed by atoms with E-state index in [1.807, 2.05) is 0 Å². The van der Waals surface area contributed by atoms with Crippen LogP contribution in [0.25, 0.3) is 10.8 Å². The third kappa shape index (κ3) is 3.97. The molecule has 2 aromatic carbocycles. The average Bonchev–Trinajstić information content (AvgIpc) is 2.45. The Labute approximate surface area is 122 Å². The highest BCUT2D eigenvalue weighted by atomic mass is 16.5. The van der Waals surface area contributed by atoms with Gasteiger partial charge in [0.1, 0.15) is 5.75 Å². The van der Waals surface area contributed by atoms with Crippen molar-refractivity contribution in [2.24, 2.45) is 5.41 Å². The third-order valence-corrected chi connectivity index (χ3v) is 3.40. The number of nitrogens with one attached hydrogen (secondary N) is 1. The van der Waals surface area contributed by atoms with Gasteiger partial charge in [-0.15, -0.1) is 0 Å². The smallest absolute Gasteiger partial charge is 0.127 e. The molecule has 1 N–H and O–H groups in total. The number of fused-ring (bicyclic) bond motifs is 1. The summed E-state index contributed by atoms with van der Waals surface area (Å²) in [7, 11) is 0. The van der Waals surface area contributed by atoms with Crippen LogP contribution in [0.3, 0.4) is 0 Å². The van der Waals surface area contributed by atoms with Crippen LogP contribution >= 0.6 is 0 Å². The molecule has 0 saturated carbocycles. The van der Waals surface area contributed by atoms with Gasteiger partial charge < -0.3 is 10.1 Å². The molecule has 0 spiro atoms. The molecular formula is C18H25NO. The Morgan fingerprint density at radius 3 is 2.60 bits per heavy atom. The molecule has 0 unspecified atom stereocenters. The molecule has 20 heavy (non-hydrogen) atoms. The van der Waals surface area contributed by atoms with E-state index < -0.39 is 0 Å². The standard InChI is InChI=1S/C18H25NO/c1-4-12-19-13-18(2,3)14-20-17-11-7-9-15-8-5-6-10-16(15)17/h5-11,19H,4,12-14H2,1-3H3. The molecule has 2 aromatic rings. The molecule has 2 heteroatoms. The van der Waals surface area contributed by atoms with Gasteiger partial charge in [0.25, 0.3) is 0 Å². The molecule has 0 amide bonds. The molecule has 2 nitrogen and oxygen atoms in total. The fourth-order valence-electron chi connectivity index (χ4n) is 2.25. The normalized spacial score (nSPS) is 11.8. The Morgan fingerprint density at radius 1 is 1.05 bits per heavy atom. The molecule has 0 aromatic heterocycles. The first-order valence-electron chi connectivity index (χ1n) is 7.44. The van der Waals surface area contributed by atoms with Crippen molar-refractivity contribution >= 4 is 10.8 Å². The van der Waals surface area contributed by atoms with Gasteiger partial charge in [-0.1, -0.05) is 57.2 Å². The molecule has 108 valence electrons. The first kappa shape index (κ1) is 14.9. The van der Waals surface area contributed by atoms with Crippen molar-refractivity contribution in [1.82, 2.24) is 5.32 Å². The number of ether oxygens (including phenoxy) is 1. The van der Waals surface area contributed by atoms with Gasteiger partial charge in [0.05, 0.1) is 6.61 Å². The zero-order chi connectivity index (χ0) is 14.4. The highest BCUT2D eigenvalue weighted by molar-refractivity contribution is 5.88. The third-order valence-electron chi connectivity index (χ3n) is 3.40. The molecule has 0 radical (unpaired) electrons. The van der Waals surface area contributed by atoms with Gasteiger partial charge in [0, 0.05) is 17.3 Å². The summed E-state index contributed by atoms with van der Waals surface area (Å²) in [5.41, 5.74) is 0.131. The maximum absolute atomic E-state index is 6.07. The van der Waals surface area contributed by atoms with Crippen molar-refractivity contribution in [2.45, 2.75) is 27.2 Å². The van der Waals surface area contributed by atoms with Crippen molar-refractivity contribution in [2.75, 3.05) is 19.7 Å². The second-order valence-electron chi connectivity index (χ2n) is 6.11. The predicted molar refractivity (Wildman–Crippen MR) is 86.4 cm³/mol. The van der Waals surface area contributed by atoms with Crippen LogP contribution in [-0.4, -0.2) is 19.7 Å². The average molecular weight is 271 g/mol. The topological polar surface area (TPSA) is 21.3 Å². The van der Waals surface area contributed by atoms with Crippen LogP contribution in [0, 0.1) is 5.41 Å². The van der Waals surface area contributed by atoms with Crippen LogP contribution in [0.2, 0.25) is 0 Å². The summed E-state index contributed by atoms with van der Waals surface area (Å²) in [5.74, 6) is 0.978. The van der Waals surface area contributed by atoms with E-state index in [2.05, 4.69) is 68.6 Å². The van der Waals surface area contributed by atoms with E-state index in [1.165, 1.54) is 17.2 Å². The quantitative estimate of drug-likeness (QED) is 0.760. The van der Waals surface area contributed by atoms with E-state index in [0.29, 0.717) is 0 Å². The number of rotatable bonds is 7. The number of hydrogen-bond acceptors (Lipinski definition) is 2. The van der Waals surface area contributed by atoms with Crippen LogP contribution in [-0.2, 0) is 0 Å². The molecule has 0 atom stereocenters. The molecular weight excluding hydrogens is 246 g/mol. The fourth-order valence-corrected chi connectivity index (χ4v) is 2.25. The Bertz CT molecular complexity index is 543. The Balaban J connectivity index is 2.02.